The summed E-state index contributed by atoms with van der Waals surface area (Å²) in [6.07, 6.45) is 3.68. The van der Waals surface area contributed by atoms with Crippen LogP contribution in [0, 0.1) is 0 Å². The number of carbonyl (C=O) groups is 1. The van der Waals surface area contributed by atoms with Gasteiger partial charge in [-0.15, -0.1) is 0 Å². The van der Waals surface area contributed by atoms with Gasteiger partial charge in [0.1, 0.15) is 17.2 Å². The molecule has 0 atom stereocenters. The van der Waals surface area contributed by atoms with Crippen molar-refractivity contribution in [1.82, 2.24) is 0 Å². The molecule has 0 aliphatic heterocycles. The lowest BCUT2D eigenvalue weighted by Gasteiger charge is -2.07. The number of ether oxygens (including phenoxy) is 4. The van der Waals surface area contributed by atoms with Crippen molar-refractivity contribution in [3.63, 3.8) is 0 Å². The highest BCUT2D eigenvalue weighted by Gasteiger charge is 2.04. The van der Waals surface area contributed by atoms with E-state index in [1.807, 2.05) is 24.3 Å². The van der Waals surface area contributed by atoms with E-state index in [0.29, 0.717) is 24.5 Å². The second-order valence-corrected chi connectivity index (χ2v) is 5.21. The molecule has 2 rings (SSSR count). The van der Waals surface area contributed by atoms with E-state index in [2.05, 4.69) is 0 Å². The number of rotatable bonds is 8. The maximum Gasteiger partial charge on any atom is 0.330 e. The van der Waals surface area contributed by atoms with Gasteiger partial charge in [-0.3, -0.25) is 0 Å². The molecule has 0 bridgehead atoms. The van der Waals surface area contributed by atoms with Gasteiger partial charge in [0.05, 0.1) is 27.9 Å². The van der Waals surface area contributed by atoms with E-state index < -0.39 is 5.97 Å². The molecule has 5 nitrogen and oxygen atoms in total. The summed E-state index contributed by atoms with van der Waals surface area (Å²) in [5, 5.41) is 0. The molecule has 0 saturated carbocycles. The lowest BCUT2D eigenvalue weighted by Crippen LogP contribution is -2.04. The van der Waals surface area contributed by atoms with Crippen LogP contribution in [-0.2, 0) is 16.0 Å². The van der Waals surface area contributed by atoms with Crippen LogP contribution in [0.4, 0.5) is 0 Å². The molecule has 0 aromatic heterocycles. The quantitative estimate of drug-likeness (QED) is 0.543. The van der Waals surface area contributed by atoms with Crippen molar-refractivity contribution in [3.05, 3.63) is 59.7 Å². The maximum atomic E-state index is 11.9. The molecule has 0 radical (unpaired) electrons. The number of esters is 1. The normalized spacial score (nSPS) is 10.5. The van der Waals surface area contributed by atoms with Gasteiger partial charge in [-0.05, 0) is 42.0 Å². The summed E-state index contributed by atoms with van der Waals surface area (Å²) in [6, 6.07) is 13.0. The van der Waals surface area contributed by atoms with Crippen LogP contribution < -0.4 is 14.2 Å². The minimum absolute atomic E-state index is 0.310. The number of carbonyl (C=O) groups excluding carboxylic acids is 1. The third kappa shape index (κ3) is 5.57. The molecule has 2 aromatic rings. The average Bonchev–Trinajstić information content (AvgIpc) is 2.66. The van der Waals surface area contributed by atoms with Crippen LogP contribution in [-0.4, -0.2) is 33.9 Å². The average molecular weight is 342 g/mol. The molecule has 0 N–H and O–H groups in total. The van der Waals surface area contributed by atoms with Crippen molar-refractivity contribution in [2.24, 2.45) is 0 Å². The topological polar surface area (TPSA) is 54.0 Å². The summed E-state index contributed by atoms with van der Waals surface area (Å²) in [5.41, 5.74) is 1.82. The predicted octanol–water partition coefficient (Wildman–Crippen LogP) is 3.51. The number of hydrogen-bond acceptors (Lipinski definition) is 5. The molecular formula is C20H22O5. The monoisotopic (exact) mass is 342 g/mol. The van der Waals surface area contributed by atoms with E-state index >= 15 is 0 Å². The van der Waals surface area contributed by atoms with Crippen molar-refractivity contribution in [1.29, 1.82) is 0 Å². The third-order valence-electron chi connectivity index (χ3n) is 3.63. The SMILES string of the molecule is COc1ccc(CCOC(=O)/C=C/c2cc(OC)ccc2OC)cc1. The predicted molar refractivity (Wildman–Crippen MR) is 96.2 cm³/mol. The van der Waals surface area contributed by atoms with Gasteiger partial charge in [0, 0.05) is 18.1 Å². The molecule has 25 heavy (non-hydrogen) atoms. The number of benzene rings is 2. The zero-order chi connectivity index (χ0) is 18.1. The Morgan fingerprint density at radius 1 is 0.920 bits per heavy atom. The molecule has 5 heteroatoms. The van der Waals surface area contributed by atoms with Gasteiger partial charge >= 0.3 is 5.97 Å². The molecule has 0 unspecified atom stereocenters. The molecular weight excluding hydrogens is 320 g/mol. The van der Waals surface area contributed by atoms with E-state index in [0.717, 1.165) is 16.9 Å². The van der Waals surface area contributed by atoms with Crippen LogP contribution in [0.1, 0.15) is 11.1 Å². The second-order valence-electron chi connectivity index (χ2n) is 5.21. The van der Waals surface area contributed by atoms with E-state index in [1.165, 1.54) is 6.08 Å². The molecule has 2 aromatic carbocycles. The zero-order valence-electron chi connectivity index (χ0n) is 14.7. The fourth-order valence-corrected chi connectivity index (χ4v) is 2.24. The van der Waals surface area contributed by atoms with Gasteiger partial charge in [-0.25, -0.2) is 4.79 Å². The number of methoxy groups -OCH3 is 3. The molecule has 0 aliphatic rings. The Kier molecular flexibility index (Phi) is 6.89. The summed E-state index contributed by atoms with van der Waals surface area (Å²) in [4.78, 5) is 11.9. The first-order valence-electron chi connectivity index (χ1n) is 7.86. The smallest absolute Gasteiger partial charge is 0.330 e. The van der Waals surface area contributed by atoms with Crippen molar-refractivity contribution in [2.45, 2.75) is 6.42 Å². The van der Waals surface area contributed by atoms with Crippen LogP contribution in [0.3, 0.4) is 0 Å². The second kappa shape index (κ2) is 9.37. The lowest BCUT2D eigenvalue weighted by molar-refractivity contribution is -0.137. The summed E-state index contributed by atoms with van der Waals surface area (Å²) in [5.74, 6) is 1.74. The van der Waals surface area contributed by atoms with Gasteiger partial charge in [-0.2, -0.15) is 0 Å². The molecule has 0 saturated heterocycles. The van der Waals surface area contributed by atoms with E-state index in [4.69, 9.17) is 18.9 Å². The highest BCUT2D eigenvalue weighted by Crippen LogP contribution is 2.25. The summed E-state index contributed by atoms with van der Waals surface area (Å²) >= 11 is 0. The van der Waals surface area contributed by atoms with Crippen LogP contribution in [0.25, 0.3) is 6.08 Å². The van der Waals surface area contributed by atoms with Crippen LogP contribution in [0.2, 0.25) is 0 Å². The molecule has 0 spiro atoms. The molecule has 0 fully saturated rings. The highest BCUT2D eigenvalue weighted by molar-refractivity contribution is 5.87. The van der Waals surface area contributed by atoms with Crippen molar-refractivity contribution in [3.8, 4) is 17.2 Å². The highest BCUT2D eigenvalue weighted by atomic mass is 16.5. The van der Waals surface area contributed by atoms with Crippen molar-refractivity contribution < 1.29 is 23.7 Å². The summed E-state index contributed by atoms with van der Waals surface area (Å²) in [7, 11) is 4.79. The third-order valence-corrected chi connectivity index (χ3v) is 3.63. The van der Waals surface area contributed by atoms with Crippen LogP contribution in [0.15, 0.2) is 48.5 Å². The van der Waals surface area contributed by atoms with Crippen molar-refractivity contribution >= 4 is 12.0 Å². The standard InChI is InChI=1S/C20H22O5/c1-22-17-7-4-15(5-8-17)12-13-25-20(21)11-6-16-14-18(23-2)9-10-19(16)24-3/h4-11,14H,12-13H2,1-3H3/b11-6+. The lowest BCUT2D eigenvalue weighted by atomic mass is 10.1. The molecule has 0 heterocycles. The van der Waals surface area contributed by atoms with Gasteiger partial charge in [0.15, 0.2) is 0 Å². The van der Waals surface area contributed by atoms with E-state index in [1.54, 1.807) is 45.6 Å². The Morgan fingerprint density at radius 2 is 1.60 bits per heavy atom. The number of hydrogen-bond donors (Lipinski definition) is 0. The molecule has 0 aliphatic carbocycles. The fraction of sp³-hybridized carbons (Fsp3) is 0.250. The minimum atomic E-state index is -0.404. The maximum absolute atomic E-state index is 11.9. The Labute approximate surface area is 147 Å². The first-order chi connectivity index (χ1) is 12.2. The molecule has 0 amide bonds. The summed E-state index contributed by atoms with van der Waals surface area (Å²) < 4.78 is 20.8. The van der Waals surface area contributed by atoms with Gasteiger partial charge < -0.3 is 18.9 Å². The van der Waals surface area contributed by atoms with E-state index in [-0.39, 0.29) is 0 Å². The first kappa shape index (κ1) is 18.4. The molecule has 132 valence electrons. The Hall–Kier alpha value is -2.95. The largest absolute Gasteiger partial charge is 0.497 e. The Morgan fingerprint density at radius 3 is 2.24 bits per heavy atom. The minimum Gasteiger partial charge on any atom is -0.497 e. The Balaban J connectivity index is 1.88. The Bertz CT molecular complexity index is 719. The van der Waals surface area contributed by atoms with E-state index in [9.17, 15) is 4.79 Å². The van der Waals surface area contributed by atoms with Gasteiger partial charge in [0.25, 0.3) is 0 Å². The zero-order valence-corrected chi connectivity index (χ0v) is 14.7. The first-order valence-corrected chi connectivity index (χ1v) is 7.86. The van der Waals surface area contributed by atoms with Gasteiger partial charge in [-0.1, -0.05) is 12.1 Å². The van der Waals surface area contributed by atoms with Crippen molar-refractivity contribution in [2.75, 3.05) is 27.9 Å². The summed E-state index contributed by atoms with van der Waals surface area (Å²) in [6.45, 7) is 0.310. The fourth-order valence-electron chi connectivity index (χ4n) is 2.24. The van der Waals surface area contributed by atoms with Crippen LogP contribution >= 0.6 is 0 Å². The van der Waals surface area contributed by atoms with Gasteiger partial charge in [0.2, 0.25) is 0 Å². The van der Waals surface area contributed by atoms with Crippen LogP contribution in [0.5, 0.6) is 17.2 Å².